The average Bonchev–Trinajstić information content (AvgIpc) is 2.19. The standard InChI is InChI=1S/C10H21F3N2O2S/c1-4-14-6-5-7-18(16,17)15(9(2)3)8-10(11,12)13/h9,14H,4-8H2,1-3H3. The number of hydrogen-bond donors (Lipinski definition) is 1. The third-order valence-corrected chi connectivity index (χ3v) is 4.34. The van der Waals surface area contributed by atoms with Crippen molar-refractivity contribution in [2.45, 2.75) is 39.4 Å². The van der Waals surface area contributed by atoms with E-state index in [0.29, 0.717) is 23.8 Å². The van der Waals surface area contributed by atoms with Gasteiger partial charge in [0.05, 0.1) is 5.75 Å². The molecule has 110 valence electrons. The van der Waals surface area contributed by atoms with Crippen molar-refractivity contribution in [1.29, 1.82) is 0 Å². The van der Waals surface area contributed by atoms with Crippen LogP contribution in [0, 0.1) is 0 Å². The number of hydrogen-bond acceptors (Lipinski definition) is 3. The molecule has 1 N–H and O–H groups in total. The SMILES string of the molecule is CCNCCCS(=O)(=O)N(CC(F)(F)F)C(C)C. The van der Waals surface area contributed by atoms with E-state index in [-0.39, 0.29) is 5.75 Å². The van der Waals surface area contributed by atoms with Crippen LogP contribution in [0.5, 0.6) is 0 Å². The molecule has 8 heteroatoms. The van der Waals surface area contributed by atoms with Crippen LogP contribution >= 0.6 is 0 Å². The lowest BCUT2D eigenvalue weighted by Crippen LogP contribution is -2.44. The van der Waals surface area contributed by atoms with Gasteiger partial charge in [0.1, 0.15) is 6.54 Å². The number of halogens is 3. The Bertz CT molecular complexity index is 329. The number of alkyl halides is 3. The summed E-state index contributed by atoms with van der Waals surface area (Å²) in [5.74, 6) is -0.270. The van der Waals surface area contributed by atoms with Gasteiger partial charge in [-0.25, -0.2) is 8.42 Å². The van der Waals surface area contributed by atoms with Crippen LogP contribution in [0.3, 0.4) is 0 Å². The summed E-state index contributed by atoms with van der Waals surface area (Å²) in [6.07, 6.45) is -4.21. The number of sulfonamides is 1. The topological polar surface area (TPSA) is 49.4 Å². The molecule has 0 aromatic carbocycles. The predicted octanol–water partition coefficient (Wildman–Crippen LogP) is 1.59. The van der Waals surface area contributed by atoms with Gasteiger partial charge in [0, 0.05) is 6.04 Å². The number of nitrogens with zero attached hydrogens (tertiary/aromatic N) is 1. The van der Waals surface area contributed by atoms with E-state index in [9.17, 15) is 21.6 Å². The van der Waals surface area contributed by atoms with Crippen LogP contribution in [0.15, 0.2) is 0 Å². The van der Waals surface area contributed by atoms with Crippen molar-refractivity contribution in [2.24, 2.45) is 0 Å². The van der Waals surface area contributed by atoms with Gasteiger partial charge in [-0.15, -0.1) is 0 Å². The summed E-state index contributed by atoms with van der Waals surface area (Å²) in [5, 5.41) is 2.93. The second-order valence-electron chi connectivity index (χ2n) is 4.28. The Balaban J connectivity index is 4.58. The fraction of sp³-hybridized carbons (Fsp3) is 1.00. The minimum absolute atomic E-state index is 0.270. The molecule has 0 saturated carbocycles. The summed E-state index contributed by atoms with van der Waals surface area (Å²) in [6, 6.07) is -0.698. The zero-order valence-corrected chi connectivity index (χ0v) is 11.7. The Morgan fingerprint density at radius 2 is 1.83 bits per heavy atom. The fourth-order valence-electron chi connectivity index (χ4n) is 1.45. The molecular weight excluding hydrogens is 269 g/mol. The molecule has 0 fully saturated rings. The highest BCUT2D eigenvalue weighted by Gasteiger charge is 2.37. The van der Waals surface area contributed by atoms with Gasteiger partial charge in [-0.3, -0.25) is 0 Å². The van der Waals surface area contributed by atoms with E-state index < -0.39 is 28.8 Å². The van der Waals surface area contributed by atoms with Gasteiger partial charge in [0.15, 0.2) is 0 Å². The van der Waals surface area contributed by atoms with E-state index in [0.717, 1.165) is 0 Å². The lowest BCUT2D eigenvalue weighted by atomic mass is 10.4. The zero-order chi connectivity index (χ0) is 14.4. The highest BCUT2D eigenvalue weighted by Crippen LogP contribution is 2.20. The second kappa shape index (κ2) is 7.30. The molecule has 0 aliphatic heterocycles. The molecular formula is C10H21F3N2O2S. The Labute approximate surface area is 107 Å². The second-order valence-corrected chi connectivity index (χ2v) is 6.32. The lowest BCUT2D eigenvalue weighted by molar-refractivity contribution is -0.138. The van der Waals surface area contributed by atoms with Crippen LogP contribution in [0.2, 0.25) is 0 Å². The van der Waals surface area contributed by atoms with Crippen molar-refractivity contribution in [1.82, 2.24) is 9.62 Å². The number of rotatable bonds is 8. The Hall–Kier alpha value is -0.340. The van der Waals surface area contributed by atoms with Crippen molar-refractivity contribution in [2.75, 3.05) is 25.4 Å². The van der Waals surface area contributed by atoms with Crippen molar-refractivity contribution in [3.8, 4) is 0 Å². The van der Waals surface area contributed by atoms with Crippen LogP contribution in [-0.4, -0.2) is 50.3 Å². The van der Waals surface area contributed by atoms with E-state index in [2.05, 4.69) is 5.32 Å². The van der Waals surface area contributed by atoms with E-state index >= 15 is 0 Å². The highest BCUT2D eigenvalue weighted by atomic mass is 32.2. The molecule has 0 aliphatic carbocycles. The first kappa shape index (κ1) is 17.7. The molecule has 0 heterocycles. The van der Waals surface area contributed by atoms with Gasteiger partial charge in [0.2, 0.25) is 10.0 Å². The Morgan fingerprint density at radius 3 is 2.22 bits per heavy atom. The van der Waals surface area contributed by atoms with Gasteiger partial charge in [-0.1, -0.05) is 6.92 Å². The molecule has 0 aromatic heterocycles. The molecule has 0 saturated heterocycles. The maximum absolute atomic E-state index is 12.3. The summed E-state index contributed by atoms with van der Waals surface area (Å²) in [6.45, 7) is 4.51. The van der Waals surface area contributed by atoms with E-state index in [1.165, 1.54) is 13.8 Å². The van der Waals surface area contributed by atoms with Gasteiger partial charge in [-0.05, 0) is 33.4 Å². The Morgan fingerprint density at radius 1 is 1.28 bits per heavy atom. The molecule has 0 amide bonds. The van der Waals surface area contributed by atoms with Crippen LogP contribution in [0.4, 0.5) is 13.2 Å². The van der Waals surface area contributed by atoms with E-state index in [1.54, 1.807) is 0 Å². The fourth-order valence-corrected chi connectivity index (χ4v) is 3.18. The molecule has 0 spiro atoms. The smallest absolute Gasteiger partial charge is 0.317 e. The van der Waals surface area contributed by atoms with Gasteiger partial charge < -0.3 is 5.32 Å². The van der Waals surface area contributed by atoms with Crippen molar-refractivity contribution in [3.63, 3.8) is 0 Å². The molecule has 0 aliphatic rings. The summed E-state index contributed by atoms with van der Waals surface area (Å²) < 4.78 is 61.1. The first-order valence-electron chi connectivity index (χ1n) is 5.87. The van der Waals surface area contributed by atoms with Gasteiger partial charge in [-0.2, -0.15) is 17.5 Å². The number of nitrogens with one attached hydrogen (secondary N) is 1. The van der Waals surface area contributed by atoms with Gasteiger partial charge >= 0.3 is 6.18 Å². The average molecular weight is 290 g/mol. The first-order chi connectivity index (χ1) is 8.10. The summed E-state index contributed by atoms with van der Waals surface area (Å²) in [7, 11) is -3.86. The molecule has 0 bridgehead atoms. The monoisotopic (exact) mass is 290 g/mol. The lowest BCUT2D eigenvalue weighted by Gasteiger charge is -2.26. The molecule has 0 unspecified atom stereocenters. The van der Waals surface area contributed by atoms with Crippen LogP contribution in [0.25, 0.3) is 0 Å². The maximum Gasteiger partial charge on any atom is 0.402 e. The summed E-state index contributed by atoms with van der Waals surface area (Å²) >= 11 is 0. The van der Waals surface area contributed by atoms with Crippen LogP contribution in [-0.2, 0) is 10.0 Å². The largest absolute Gasteiger partial charge is 0.402 e. The summed E-state index contributed by atoms with van der Waals surface area (Å²) in [5.41, 5.74) is 0. The van der Waals surface area contributed by atoms with E-state index in [1.807, 2.05) is 6.92 Å². The third-order valence-electron chi connectivity index (χ3n) is 2.27. The maximum atomic E-state index is 12.3. The third kappa shape index (κ3) is 7.17. The zero-order valence-electron chi connectivity index (χ0n) is 10.9. The normalized spacial score (nSPS) is 13.6. The van der Waals surface area contributed by atoms with Crippen molar-refractivity contribution < 1.29 is 21.6 Å². The van der Waals surface area contributed by atoms with Gasteiger partial charge in [0.25, 0.3) is 0 Å². The highest BCUT2D eigenvalue weighted by molar-refractivity contribution is 7.89. The van der Waals surface area contributed by atoms with Crippen molar-refractivity contribution in [3.05, 3.63) is 0 Å². The Kier molecular flexibility index (Phi) is 7.16. The van der Waals surface area contributed by atoms with Crippen molar-refractivity contribution >= 4 is 10.0 Å². The predicted molar refractivity (Wildman–Crippen MR) is 64.8 cm³/mol. The summed E-state index contributed by atoms with van der Waals surface area (Å²) in [4.78, 5) is 0. The van der Waals surface area contributed by atoms with Crippen LogP contribution < -0.4 is 5.32 Å². The molecule has 0 atom stereocenters. The first-order valence-corrected chi connectivity index (χ1v) is 7.48. The molecule has 0 radical (unpaired) electrons. The minimum Gasteiger partial charge on any atom is -0.317 e. The molecule has 4 nitrogen and oxygen atoms in total. The molecule has 0 aromatic rings. The molecule has 18 heavy (non-hydrogen) atoms. The quantitative estimate of drug-likeness (QED) is 0.691. The minimum atomic E-state index is -4.51. The molecule has 0 rings (SSSR count). The van der Waals surface area contributed by atoms with Crippen LogP contribution in [0.1, 0.15) is 27.2 Å². The van der Waals surface area contributed by atoms with E-state index in [4.69, 9.17) is 0 Å².